The molecule has 136 valence electrons. The van der Waals surface area contributed by atoms with Gasteiger partial charge in [0, 0.05) is 12.6 Å². The number of carbonyl (C=O) groups is 1. The number of nitrogens with zero attached hydrogens (tertiary/aromatic N) is 1. The predicted molar refractivity (Wildman–Crippen MR) is 96.6 cm³/mol. The molecule has 1 atom stereocenters. The van der Waals surface area contributed by atoms with Crippen molar-refractivity contribution in [2.24, 2.45) is 0 Å². The van der Waals surface area contributed by atoms with Crippen LogP contribution in [-0.4, -0.2) is 29.2 Å². The number of benzene rings is 1. The molecule has 1 aromatic rings. The van der Waals surface area contributed by atoms with Crippen molar-refractivity contribution >= 4 is 6.09 Å². The van der Waals surface area contributed by atoms with Crippen molar-refractivity contribution in [1.82, 2.24) is 4.90 Å². The summed E-state index contributed by atoms with van der Waals surface area (Å²) in [6.07, 6.45) is 4.70. The van der Waals surface area contributed by atoms with Crippen molar-refractivity contribution in [3.8, 4) is 0 Å². The largest absolute Gasteiger partial charge is 0.444 e. The first-order valence-corrected chi connectivity index (χ1v) is 9.01. The van der Waals surface area contributed by atoms with Crippen LogP contribution in [0.15, 0.2) is 24.3 Å². The molecule has 1 fully saturated rings. The zero-order chi connectivity index (χ0) is 18.2. The number of likely N-dealkylation sites (tertiary alicyclic amines) is 1. The van der Waals surface area contributed by atoms with E-state index in [2.05, 4.69) is 13.8 Å². The van der Waals surface area contributed by atoms with Crippen molar-refractivity contribution in [3.05, 3.63) is 35.6 Å². The molecule has 0 radical (unpaired) electrons. The van der Waals surface area contributed by atoms with Gasteiger partial charge in [0.05, 0.1) is 0 Å². The van der Waals surface area contributed by atoms with Crippen LogP contribution >= 0.6 is 0 Å². The van der Waals surface area contributed by atoms with Gasteiger partial charge in [-0.1, -0.05) is 32.4 Å². The molecule has 3 nitrogen and oxygen atoms in total. The number of amides is 1. The molecule has 1 aliphatic heterocycles. The molecule has 0 aromatic heterocycles. The Kier molecular flexibility index (Phi) is 8.23. The molecule has 4 heteroatoms. The zero-order valence-corrected chi connectivity index (χ0v) is 15.8. The summed E-state index contributed by atoms with van der Waals surface area (Å²) in [6.45, 7) is 10.6. The maximum atomic E-state index is 13.3. The van der Waals surface area contributed by atoms with E-state index in [-0.39, 0.29) is 18.0 Å². The van der Waals surface area contributed by atoms with Crippen molar-refractivity contribution in [2.75, 3.05) is 6.54 Å². The minimum atomic E-state index is -0.488. The van der Waals surface area contributed by atoms with E-state index in [1.165, 1.54) is 12.5 Å². The van der Waals surface area contributed by atoms with Gasteiger partial charge in [0.2, 0.25) is 0 Å². The first-order valence-electron chi connectivity index (χ1n) is 9.01. The van der Waals surface area contributed by atoms with E-state index in [1.807, 2.05) is 26.8 Å². The van der Waals surface area contributed by atoms with Crippen LogP contribution in [0.25, 0.3) is 0 Å². The molecule has 0 N–H and O–H groups in total. The van der Waals surface area contributed by atoms with Crippen LogP contribution in [0.4, 0.5) is 9.18 Å². The molecular formula is C20H32FNO2. The van der Waals surface area contributed by atoms with Crippen molar-refractivity contribution in [2.45, 2.75) is 78.4 Å². The fourth-order valence-electron chi connectivity index (χ4n) is 2.71. The van der Waals surface area contributed by atoms with Gasteiger partial charge >= 0.3 is 6.09 Å². The number of hydrogen-bond acceptors (Lipinski definition) is 2. The monoisotopic (exact) mass is 337 g/mol. The summed E-state index contributed by atoms with van der Waals surface area (Å²) in [4.78, 5) is 14.1. The van der Waals surface area contributed by atoms with E-state index in [9.17, 15) is 9.18 Å². The summed E-state index contributed by atoms with van der Waals surface area (Å²) in [5, 5.41) is 0. The highest BCUT2D eigenvalue weighted by molar-refractivity contribution is 5.68. The SMILES string of the molecule is CC(C)(C)OC(=O)N1CCCCC1Cc1cccc(F)c1.CCC. The van der Waals surface area contributed by atoms with E-state index < -0.39 is 5.60 Å². The average molecular weight is 337 g/mol. The Morgan fingerprint density at radius 3 is 2.54 bits per heavy atom. The van der Waals surface area contributed by atoms with E-state index >= 15 is 0 Å². The number of ether oxygens (including phenoxy) is 1. The van der Waals surface area contributed by atoms with Gasteiger partial charge in [0.1, 0.15) is 11.4 Å². The van der Waals surface area contributed by atoms with Crippen LogP contribution in [0.3, 0.4) is 0 Å². The molecule has 0 saturated carbocycles. The van der Waals surface area contributed by atoms with Crippen LogP contribution in [0, 0.1) is 5.82 Å². The molecule has 1 saturated heterocycles. The second kappa shape index (κ2) is 9.65. The number of rotatable bonds is 2. The van der Waals surface area contributed by atoms with Gasteiger partial charge in [0.15, 0.2) is 0 Å². The van der Waals surface area contributed by atoms with E-state index in [0.717, 1.165) is 31.4 Å². The first-order chi connectivity index (χ1) is 11.3. The minimum Gasteiger partial charge on any atom is -0.444 e. The van der Waals surface area contributed by atoms with Gasteiger partial charge in [-0.25, -0.2) is 9.18 Å². The Bertz CT molecular complexity index is 511. The lowest BCUT2D eigenvalue weighted by atomic mass is 9.96. The minimum absolute atomic E-state index is 0.0930. The highest BCUT2D eigenvalue weighted by Gasteiger charge is 2.30. The third-order valence-electron chi connectivity index (χ3n) is 3.62. The smallest absolute Gasteiger partial charge is 0.410 e. The molecule has 0 bridgehead atoms. The highest BCUT2D eigenvalue weighted by Crippen LogP contribution is 2.23. The standard InChI is InChI=1S/C17H24FNO2.C3H8/c1-17(2,3)21-16(20)19-10-5-4-9-15(19)12-13-7-6-8-14(18)11-13;1-3-2/h6-8,11,15H,4-5,9-10,12H2,1-3H3;3H2,1-2H3. The lowest BCUT2D eigenvalue weighted by Gasteiger charge is -2.37. The molecule has 0 aliphatic carbocycles. The topological polar surface area (TPSA) is 29.5 Å². The van der Waals surface area contributed by atoms with Crippen molar-refractivity contribution in [1.29, 1.82) is 0 Å². The van der Waals surface area contributed by atoms with Gasteiger partial charge in [-0.15, -0.1) is 0 Å². The maximum Gasteiger partial charge on any atom is 0.410 e. The van der Waals surface area contributed by atoms with Gasteiger partial charge in [0.25, 0.3) is 0 Å². The zero-order valence-electron chi connectivity index (χ0n) is 15.8. The highest BCUT2D eigenvalue weighted by atomic mass is 19.1. The second-order valence-electron chi connectivity index (χ2n) is 7.36. The summed E-state index contributed by atoms with van der Waals surface area (Å²) < 4.78 is 18.8. The first kappa shape index (κ1) is 20.5. The Morgan fingerprint density at radius 2 is 1.96 bits per heavy atom. The second-order valence-corrected chi connectivity index (χ2v) is 7.36. The maximum absolute atomic E-state index is 13.3. The van der Waals surface area contributed by atoms with Crippen LogP contribution in [-0.2, 0) is 11.2 Å². The van der Waals surface area contributed by atoms with Crippen molar-refractivity contribution in [3.63, 3.8) is 0 Å². The molecule has 0 spiro atoms. The Labute approximate surface area is 146 Å². The molecule has 24 heavy (non-hydrogen) atoms. The van der Waals surface area contributed by atoms with E-state index in [1.54, 1.807) is 17.0 Å². The number of carbonyl (C=O) groups excluding carboxylic acids is 1. The fourth-order valence-corrected chi connectivity index (χ4v) is 2.71. The summed E-state index contributed by atoms with van der Waals surface area (Å²) in [5.74, 6) is -0.230. The Balaban J connectivity index is 0.000000891. The van der Waals surface area contributed by atoms with Crippen LogP contribution in [0.5, 0.6) is 0 Å². The molecule has 2 rings (SSSR count). The molecule has 1 unspecified atom stereocenters. The van der Waals surface area contributed by atoms with E-state index in [0.29, 0.717) is 6.42 Å². The lowest BCUT2D eigenvalue weighted by Crippen LogP contribution is -2.47. The lowest BCUT2D eigenvalue weighted by molar-refractivity contribution is 0.00995. The average Bonchev–Trinajstić information content (AvgIpc) is 2.47. The Hall–Kier alpha value is -1.58. The van der Waals surface area contributed by atoms with E-state index in [4.69, 9.17) is 4.74 Å². The van der Waals surface area contributed by atoms with Gasteiger partial charge < -0.3 is 9.64 Å². The third-order valence-corrected chi connectivity index (χ3v) is 3.62. The fraction of sp³-hybridized carbons (Fsp3) is 0.650. The van der Waals surface area contributed by atoms with Gasteiger partial charge in [-0.2, -0.15) is 0 Å². The Morgan fingerprint density at radius 1 is 1.29 bits per heavy atom. The number of hydrogen-bond donors (Lipinski definition) is 0. The molecular weight excluding hydrogens is 305 g/mol. The molecule has 1 aromatic carbocycles. The van der Waals surface area contributed by atoms with Gasteiger partial charge in [-0.3, -0.25) is 0 Å². The van der Waals surface area contributed by atoms with Gasteiger partial charge in [-0.05, 0) is 64.2 Å². The summed E-state index contributed by atoms with van der Waals surface area (Å²) in [7, 11) is 0. The normalized spacial score (nSPS) is 17.8. The quantitative estimate of drug-likeness (QED) is 0.705. The summed E-state index contributed by atoms with van der Waals surface area (Å²) >= 11 is 0. The number of halogens is 1. The third kappa shape index (κ3) is 7.33. The van der Waals surface area contributed by atoms with Crippen LogP contribution in [0.2, 0.25) is 0 Å². The summed E-state index contributed by atoms with van der Waals surface area (Å²) in [5.41, 5.74) is 0.438. The molecule has 1 heterocycles. The predicted octanol–water partition coefficient (Wildman–Crippen LogP) is 5.57. The van der Waals surface area contributed by atoms with Crippen molar-refractivity contribution < 1.29 is 13.9 Å². The molecule has 1 aliphatic rings. The molecule has 1 amide bonds. The number of piperidine rings is 1. The van der Waals surface area contributed by atoms with Crippen LogP contribution < -0.4 is 0 Å². The summed E-state index contributed by atoms with van der Waals surface area (Å²) in [6, 6.07) is 6.70. The van der Waals surface area contributed by atoms with Crippen LogP contribution in [0.1, 0.15) is 65.9 Å².